The lowest BCUT2D eigenvalue weighted by Crippen LogP contribution is -2.45. The largest absolute Gasteiger partial charge is 0.468 e. The number of nitrogens with zero attached hydrogens (tertiary/aromatic N) is 5. The maximum atomic E-state index is 12.6. The number of thioether (sulfide) groups is 2. The molecule has 1 atom stereocenters. The van der Waals surface area contributed by atoms with Crippen molar-refractivity contribution in [2.75, 3.05) is 31.7 Å². The van der Waals surface area contributed by atoms with Crippen molar-refractivity contribution in [3.05, 3.63) is 29.3 Å². The average Bonchev–Trinajstić information content (AvgIpc) is 3.13. The molecule has 1 aliphatic heterocycles. The number of carbonyl (C=O) groups is 2. The number of para-hydroxylation sites is 1. The van der Waals surface area contributed by atoms with E-state index in [1.54, 1.807) is 9.58 Å². The zero-order valence-electron chi connectivity index (χ0n) is 15.4. The lowest BCUT2D eigenvalue weighted by Gasteiger charge is -2.30. The lowest BCUT2D eigenvalue weighted by atomic mass is 10.1. The topological polar surface area (TPSA) is 90.2 Å². The van der Waals surface area contributed by atoms with Gasteiger partial charge in [0.15, 0.2) is 0 Å². The molecule has 0 N–H and O–H groups in total. The van der Waals surface area contributed by atoms with Crippen molar-refractivity contribution in [1.82, 2.24) is 25.1 Å². The molecule has 1 fully saturated rings. The van der Waals surface area contributed by atoms with Crippen LogP contribution in [0.4, 0.5) is 0 Å². The number of amides is 1. The highest BCUT2D eigenvalue weighted by Crippen LogP contribution is 2.25. The molecule has 1 aromatic carbocycles. The Kier molecular flexibility index (Phi) is 6.38. The minimum absolute atomic E-state index is 0.0368. The van der Waals surface area contributed by atoms with Gasteiger partial charge in [-0.3, -0.25) is 9.59 Å². The van der Waals surface area contributed by atoms with Crippen LogP contribution in [0.2, 0.25) is 0 Å². The maximum absolute atomic E-state index is 12.6. The summed E-state index contributed by atoms with van der Waals surface area (Å²) in [6, 6.07) is 5.99. The molecule has 2 aromatic rings. The summed E-state index contributed by atoms with van der Waals surface area (Å²) in [5, 5.41) is 12.2. The van der Waals surface area contributed by atoms with E-state index in [-0.39, 0.29) is 22.9 Å². The molecule has 1 saturated heterocycles. The van der Waals surface area contributed by atoms with Crippen LogP contribution in [0.1, 0.15) is 11.1 Å². The van der Waals surface area contributed by atoms with Crippen LogP contribution < -0.4 is 0 Å². The zero-order chi connectivity index (χ0) is 19.4. The number of benzene rings is 1. The summed E-state index contributed by atoms with van der Waals surface area (Å²) in [7, 11) is 1.37. The molecule has 1 aliphatic rings. The van der Waals surface area contributed by atoms with E-state index in [0.717, 1.165) is 22.6 Å². The molecular weight excluding hydrogens is 386 g/mol. The lowest BCUT2D eigenvalue weighted by molar-refractivity contribution is -0.141. The molecule has 1 amide bonds. The Labute approximate surface area is 166 Å². The van der Waals surface area contributed by atoms with E-state index in [4.69, 9.17) is 4.74 Å². The quantitative estimate of drug-likeness (QED) is 0.544. The fourth-order valence-electron chi connectivity index (χ4n) is 2.92. The van der Waals surface area contributed by atoms with Gasteiger partial charge < -0.3 is 9.64 Å². The number of methoxy groups -OCH3 is 1. The monoisotopic (exact) mass is 407 g/mol. The Morgan fingerprint density at radius 3 is 2.78 bits per heavy atom. The number of hydrogen-bond donors (Lipinski definition) is 0. The Bertz CT molecular complexity index is 821. The summed E-state index contributed by atoms with van der Waals surface area (Å²) >= 11 is 2.82. The van der Waals surface area contributed by atoms with Gasteiger partial charge >= 0.3 is 5.97 Å². The van der Waals surface area contributed by atoms with Crippen molar-refractivity contribution >= 4 is 35.4 Å². The number of carbonyl (C=O) groups excluding carboxylic acids is 2. The third-order valence-corrected chi connectivity index (χ3v) is 6.37. The van der Waals surface area contributed by atoms with Crippen molar-refractivity contribution in [3.63, 3.8) is 0 Å². The van der Waals surface area contributed by atoms with Crippen LogP contribution in [0, 0.1) is 13.8 Å². The predicted octanol–water partition coefficient (Wildman–Crippen LogP) is 1.49. The molecule has 0 saturated carbocycles. The van der Waals surface area contributed by atoms with Crippen molar-refractivity contribution in [2.24, 2.45) is 0 Å². The van der Waals surface area contributed by atoms with Gasteiger partial charge in [0.2, 0.25) is 11.1 Å². The molecule has 2 heterocycles. The van der Waals surface area contributed by atoms with Crippen LogP contribution in [0.3, 0.4) is 0 Å². The molecular formula is C17H21N5O3S2. The summed E-state index contributed by atoms with van der Waals surface area (Å²) in [6.07, 6.45) is 0. The summed E-state index contributed by atoms with van der Waals surface area (Å²) in [5.74, 6) is 0.606. The molecule has 10 heteroatoms. The molecule has 144 valence electrons. The van der Waals surface area contributed by atoms with Gasteiger partial charge in [-0.1, -0.05) is 30.0 Å². The summed E-state index contributed by atoms with van der Waals surface area (Å²) in [5.41, 5.74) is 3.05. The highest BCUT2D eigenvalue weighted by atomic mass is 32.2. The average molecular weight is 408 g/mol. The van der Waals surface area contributed by atoms with Gasteiger partial charge in [0.05, 0.1) is 18.6 Å². The molecule has 1 aromatic heterocycles. The smallest absolute Gasteiger partial charge is 0.320 e. The van der Waals surface area contributed by atoms with Crippen LogP contribution >= 0.6 is 23.5 Å². The molecule has 0 radical (unpaired) electrons. The molecule has 0 unspecified atom stereocenters. The normalized spacial score (nSPS) is 17.0. The van der Waals surface area contributed by atoms with Crippen molar-refractivity contribution < 1.29 is 14.3 Å². The van der Waals surface area contributed by atoms with Crippen molar-refractivity contribution in [3.8, 4) is 5.69 Å². The second kappa shape index (κ2) is 8.75. The van der Waals surface area contributed by atoms with Gasteiger partial charge in [-0.05, 0) is 35.4 Å². The zero-order valence-corrected chi connectivity index (χ0v) is 17.0. The third kappa shape index (κ3) is 4.44. The van der Waals surface area contributed by atoms with Gasteiger partial charge in [0, 0.05) is 18.8 Å². The predicted molar refractivity (Wildman–Crippen MR) is 104 cm³/mol. The van der Waals surface area contributed by atoms with E-state index in [1.165, 1.54) is 30.6 Å². The first-order valence-electron chi connectivity index (χ1n) is 8.46. The highest BCUT2D eigenvalue weighted by Gasteiger charge is 2.29. The number of rotatable bonds is 5. The fraction of sp³-hybridized carbons (Fsp3) is 0.471. The van der Waals surface area contributed by atoms with Crippen LogP contribution in [0.5, 0.6) is 0 Å². The van der Waals surface area contributed by atoms with E-state index in [9.17, 15) is 9.59 Å². The third-order valence-electron chi connectivity index (χ3n) is 4.30. The maximum Gasteiger partial charge on any atom is 0.320 e. The summed E-state index contributed by atoms with van der Waals surface area (Å²) in [6.45, 7) is 5.00. The fourth-order valence-corrected chi connectivity index (χ4v) is 4.82. The number of ether oxygens (including phenoxy) is 1. The minimum Gasteiger partial charge on any atom is -0.468 e. The Balaban J connectivity index is 1.67. The van der Waals surface area contributed by atoms with Crippen LogP contribution in [0.15, 0.2) is 23.4 Å². The summed E-state index contributed by atoms with van der Waals surface area (Å²) in [4.78, 5) is 26.0. The number of aromatic nitrogens is 4. The van der Waals surface area contributed by atoms with Gasteiger partial charge in [0.1, 0.15) is 5.25 Å². The molecule has 0 bridgehead atoms. The van der Waals surface area contributed by atoms with Crippen LogP contribution in [-0.4, -0.2) is 73.9 Å². The molecule has 3 rings (SSSR count). The van der Waals surface area contributed by atoms with E-state index >= 15 is 0 Å². The Morgan fingerprint density at radius 1 is 1.33 bits per heavy atom. The van der Waals surface area contributed by atoms with E-state index in [2.05, 4.69) is 15.5 Å². The van der Waals surface area contributed by atoms with Crippen molar-refractivity contribution in [2.45, 2.75) is 24.3 Å². The van der Waals surface area contributed by atoms with E-state index in [0.29, 0.717) is 18.2 Å². The first kappa shape index (κ1) is 19.7. The molecule has 27 heavy (non-hydrogen) atoms. The molecule has 0 aliphatic carbocycles. The summed E-state index contributed by atoms with van der Waals surface area (Å²) < 4.78 is 6.46. The van der Waals surface area contributed by atoms with Gasteiger partial charge in [-0.15, -0.1) is 16.9 Å². The standard InChI is InChI=1S/C17H21N5O3S2/c1-11-5-4-6-12(2)15(11)22-17(18-19-20-22)27-10-14(23)21-7-8-26-13(9-21)16(24)25-3/h4-6,13H,7-10H2,1-3H3/t13-/m1/s1. The SMILES string of the molecule is COC(=O)[C@H]1CN(C(=O)CSc2nnnn2-c2c(C)cccc2C)CCS1. The van der Waals surface area contributed by atoms with Gasteiger partial charge in [-0.25, -0.2) is 0 Å². The second-order valence-electron chi connectivity index (χ2n) is 6.12. The molecule has 8 nitrogen and oxygen atoms in total. The van der Waals surface area contributed by atoms with Crippen LogP contribution in [0.25, 0.3) is 5.69 Å². The number of tetrazole rings is 1. The second-order valence-corrected chi connectivity index (χ2v) is 8.38. The van der Waals surface area contributed by atoms with Crippen molar-refractivity contribution in [1.29, 1.82) is 0 Å². The Morgan fingerprint density at radius 2 is 2.07 bits per heavy atom. The Hall–Kier alpha value is -2.07. The number of hydrogen-bond acceptors (Lipinski definition) is 8. The van der Waals surface area contributed by atoms with Gasteiger partial charge in [-0.2, -0.15) is 4.68 Å². The van der Waals surface area contributed by atoms with E-state index < -0.39 is 0 Å². The highest BCUT2D eigenvalue weighted by molar-refractivity contribution is 8.00. The van der Waals surface area contributed by atoms with E-state index in [1.807, 2.05) is 32.0 Å². The first-order valence-corrected chi connectivity index (χ1v) is 10.5. The van der Waals surface area contributed by atoms with Gasteiger partial charge in [0.25, 0.3) is 0 Å². The van der Waals surface area contributed by atoms with Crippen LogP contribution in [-0.2, 0) is 14.3 Å². The number of aryl methyl sites for hydroxylation is 2. The minimum atomic E-state index is -0.322. The first-order chi connectivity index (χ1) is 13.0. The molecule has 0 spiro atoms. The number of esters is 1.